The molecular weight excluding hydrogens is 346 g/mol. The van der Waals surface area contributed by atoms with Crippen molar-refractivity contribution in [3.05, 3.63) is 89.6 Å². The molecule has 0 saturated heterocycles. The van der Waals surface area contributed by atoms with Gasteiger partial charge in [-0.3, -0.25) is 4.79 Å². The highest BCUT2D eigenvalue weighted by atomic mass is 16.1. The van der Waals surface area contributed by atoms with E-state index >= 15 is 0 Å². The molecule has 0 N–H and O–H groups in total. The van der Waals surface area contributed by atoms with Crippen molar-refractivity contribution < 1.29 is 0 Å². The van der Waals surface area contributed by atoms with Crippen LogP contribution in [0.1, 0.15) is 0 Å². The van der Waals surface area contributed by atoms with Crippen LogP contribution in [0.3, 0.4) is 0 Å². The summed E-state index contributed by atoms with van der Waals surface area (Å²) in [6.45, 7) is 0. The Morgan fingerprint density at radius 3 is 1.86 bits per heavy atom. The second-order valence-electron chi connectivity index (χ2n) is 7.26. The first-order valence-electron chi connectivity index (χ1n) is 9.29. The first-order valence-corrected chi connectivity index (χ1v) is 9.29. The molecule has 0 amide bonds. The molecule has 0 aliphatic carbocycles. The van der Waals surface area contributed by atoms with Crippen molar-refractivity contribution in [2.45, 2.75) is 0 Å². The van der Waals surface area contributed by atoms with Gasteiger partial charge in [0.05, 0.1) is 27.5 Å². The lowest BCUT2D eigenvalue weighted by Gasteiger charge is -2.03. The highest BCUT2D eigenvalue weighted by Gasteiger charge is 2.22. The van der Waals surface area contributed by atoms with Crippen LogP contribution in [0.15, 0.2) is 84.0 Å². The van der Waals surface area contributed by atoms with E-state index < -0.39 is 0 Å². The smallest absolute Gasteiger partial charge is 0.278 e. The second kappa shape index (κ2) is 4.67. The summed E-state index contributed by atoms with van der Waals surface area (Å²) in [6, 6.07) is 20.7. The molecule has 0 saturated carbocycles. The van der Waals surface area contributed by atoms with E-state index in [1.54, 1.807) is 6.20 Å². The largest absolute Gasteiger partial charge is 0.314 e. The quantitative estimate of drug-likeness (QED) is 0.382. The second-order valence-corrected chi connectivity index (χ2v) is 7.26. The SMILES string of the molecule is O=c1ncc2c1c1c3ccccc3n3ccccn4c5ccccc5c2c4c13. The van der Waals surface area contributed by atoms with Gasteiger partial charge in [0.2, 0.25) is 0 Å². The van der Waals surface area contributed by atoms with Gasteiger partial charge in [-0.25, -0.2) is 4.98 Å². The molecule has 4 nitrogen and oxygen atoms in total. The minimum Gasteiger partial charge on any atom is -0.314 e. The lowest BCUT2D eigenvalue weighted by molar-refractivity contribution is 1.22. The number of fused-ring (bicyclic) bond motifs is 9. The average Bonchev–Trinajstić information content (AvgIpc) is 3.34. The highest BCUT2D eigenvalue weighted by Crippen LogP contribution is 2.42. The molecule has 0 radical (unpaired) electrons. The zero-order valence-corrected chi connectivity index (χ0v) is 14.8. The Bertz CT molecular complexity index is 1790. The predicted octanol–water partition coefficient (Wildman–Crippen LogP) is 5.00. The van der Waals surface area contributed by atoms with E-state index in [1.807, 2.05) is 24.3 Å². The van der Waals surface area contributed by atoms with E-state index in [2.05, 4.69) is 62.6 Å². The fraction of sp³-hybridized carbons (Fsp3) is 0. The Morgan fingerprint density at radius 1 is 0.607 bits per heavy atom. The van der Waals surface area contributed by atoms with Gasteiger partial charge in [-0.15, -0.1) is 0 Å². The number of rotatable bonds is 0. The molecule has 0 fully saturated rings. The summed E-state index contributed by atoms with van der Waals surface area (Å²) in [5.41, 5.74) is 4.25. The summed E-state index contributed by atoms with van der Waals surface area (Å²) < 4.78 is 4.44. The van der Waals surface area contributed by atoms with Crippen LogP contribution in [-0.2, 0) is 0 Å². The third-order valence-electron chi connectivity index (χ3n) is 5.94. The molecule has 4 heteroatoms. The zero-order valence-electron chi connectivity index (χ0n) is 14.8. The van der Waals surface area contributed by atoms with Crippen LogP contribution in [0.2, 0.25) is 0 Å². The Kier molecular flexibility index (Phi) is 2.37. The van der Waals surface area contributed by atoms with E-state index in [0.717, 1.165) is 54.4 Å². The standard InChI is InChI=1S/C24H13N3O/c28-24-21-16(13-25-24)19-14-7-1-3-9-17(14)26-11-5-6-12-27-18-10-4-2-8-15(18)20(21)23(27)22(19)26/h1-13H. The van der Waals surface area contributed by atoms with Gasteiger partial charge in [-0.1, -0.05) is 36.4 Å². The molecular formula is C24H13N3O. The van der Waals surface area contributed by atoms with Gasteiger partial charge in [0.15, 0.2) is 0 Å². The Morgan fingerprint density at radius 2 is 1.18 bits per heavy atom. The van der Waals surface area contributed by atoms with E-state index in [4.69, 9.17) is 0 Å². The summed E-state index contributed by atoms with van der Waals surface area (Å²) >= 11 is 0. The molecule has 0 atom stereocenters. The van der Waals surface area contributed by atoms with Gasteiger partial charge in [0.1, 0.15) is 0 Å². The minimum atomic E-state index is -0.154. The molecule has 0 aliphatic rings. The fourth-order valence-electron chi connectivity index (χ4n) is 4.90. The first kappa shape index (κ1) is 14.2. The first-order chi connectivity index (χ1) is 13.8. The van der Waals surface area contributed by atoms with Crippen molar-refractivity contribution in [2.24, 2.45) is 0 Å². The molecule has 0 aliphatic heterocycles. The predicted molar refractivity (Wildman–Crippen MR) is 114 cm³/mol. The van der Waals surface area contributed by atoms with E-state index in [0.29, 0.717) is 0 Å². The van der Waals surface area contributed by atoms with Crippen molar-refractivity contribution in [1.82, 2.24) is 13.8 Å². The van der Waals surface area contributed by atoms with Crippen LogP contribution in [-0.4, -0.2) is 13.8 Å². The van der Waals surface area contributed by atoms with Gasteiger partial charge in [0.25, 0.3) is 5.56 Å². The molecule has 4 heterocycles. The van der Waals surface area contributed by atoms with Gasteiger partial charge < -0.3 is 8.80 Å². The van der Waals surface area contributed by atoms with Gasteiger partial charge in [0, 0.05) is 45.5 Å². The van der Waals surface area contributed by atoms with Crippen molar-refractivity contribution in [3.63, 3.8) is 0 Å². The highest BCUT2D eigenvalue weighted by molar-refractivity contribution is 6.35. The molecule has 0 unspecified atom stereocenters. The van der Waals surface area contributed by atoms with Gasteiger partial charge in [-0.05, 0) is 24.3 Å². The minimum absolute atomic E-state index is 0.154. The molecule has 7 rings (SSSR count). The molecule has 130 valence electrons. The van der Waals surface area contributed by atoms with E-state index in [9.17, 15) is 4.79 Å². The summed E-state index contributed by atoms with van der Waals surface area (Å²) in [4.78, 5) is 17.0. The zero-order chi connectivity index (χ0) is 18.4. The van der Waals surface area contributed by atoms with Crippen molar-refractivity contribution in [3.8, 4) is 0 Å². The number of para-hydroxylation sites is 2. The van der Waals surface area contributed by atoms with Crippen molar-refractivity contribution >= 4 is 54.4 Å². The van der Waals surface area contributed by atoms with Crippen LogP contribution >= 0.6 is 0 Å². The summed E-state index contributed by atoms with van der Waals surface area (Å²) in [5, 5.41) is 5.96. The third-order valence-corrected chi connectivity index (χ3v) is 5.94. The maximum Gasteiger partial charge on any atom is 0.278 e. The normalized spacial score (nSPS) is 12.4. The average molecular weight is 359 g/mol. The number of benzene rings is 3. The molecule has 3 aromatic carbocycles. The van der Waals surface area contributed by atoms with E-state index in [-0.39, 0.29) is 5.56 Å². The van der Waals surface area contributed by atoms with Gasteiger partial charge in [-0.2, -0.15) is 0 Å². The summed E-state index contributed by atoms with van der Waals surface area (Å²) in [6.07, 6.45) is 5.92. The van der Waals surface area contributed by atoms with E-state index in [1.165, 1.54) is 0 Å². The van der Waals surface area contributed by atoms with Crippen LogP contribution in [0, 0.1) is 0 Å². The number of nitrogens with zero attached hydrogens (tertiary/aromatic N) is 3. The number of hydrogen-bond donors (Lipinski definition) is 0. The Labute approximate surface area is 158 Å². The van der Waals surface area contributed by atoms with Crippen LogP contribution in [0.4, 0.5) is 0 Å². The molecule has 0 spiro atoms. The number of hydrogen-bond acceptors (Lipinski definition) is 2. The van der Waals surface area contributed by atoms with Crippen molar-refractivity contribution in [1.29, 1.82) is 0 Å². The Balaban J connectivity index is 2.07. The van der Waals surface area contributed by atoms with Crippen LogP contribution < -0.4 is 5.56 Å². The van der Waals surface area contributed by atoms with Crippen molar-refractivity contribution in [2.75, 3.05) is 0 Å². The number of aromatic nitrogens is 3. The molecule has 4 aromatic heterocycles. The summed E-state index contributed by atoms with van der Waals surface area (Å²) in [7, 11) is 0. The Hall–Kier alpha value is -3.92. The lowest BCUT2D eigenvalue weighted by atomic mass is 10.0. The fourth-order valence-corrected chi connectivity index (χ4v) is 4.90. The third kappa shape index (κ3) is 1.46. The topological polar surface area (TPSA) is 38.8 Å². The monoisotopic (exact) mass is 359 g/mol. The maximum absolute atomic E-state index is 12.8. The van der Waals surface area contributed by atoms with Crippen LogP contribution in [0.5, 0.6) is 0 Å². The lowest BCUT2D eigenvalue weighted by Crippen LogP contribution is -1.97. The summed E-state index contributed by atoms with van der Waals surface area (Å²) in [5.74, 6) is 0. The maximum atomic E-state index is 12.8. The van der Waals surface area contributed by atoms with Gasteiger partial charge >= 0.3 is 0 Å². The molecule has 28 heavy (non-hydrogen) atoms. The van der Waals surface area contributed by atoms with Crippen LogP contribution in [0.25, 0.3) is 54.4 Å². The molecule has 7 aromatic rings. The molecule has 0 bridgehead atoms.